The van der Waals surface area contributed by atoms with Crippen LogP contribution in [0.4, 0.5) is 4.79 Å². The second-order valence-electron chi connectivity index (χ2n) is 7.82. The van der Waals surface area contributed by atoms with Crippen LogP contribution in [0, 0.1) is 5.92 Å². The van der Waals surface area contributed by atoms with Gasteiger partial charge in [0.15, 0.2) is 0 Å². The predicted molar refractivity (Wildman–Crippen MR) is 100 cm³/mol. The van der Waals surface area contributed by atoms with Crippen LogP contribution in [0.3, 0.4) is 0 Å². The summed E-state index contributed by atoms with van der Waals surface area (Å²) in [5.41, 5.74) is -0.489. The average molecular weight is 359 g/mol. The maximum absolute atomic E-state index is 12.5. The van der Waals surface area contributed by atoms with Crippen molar-refractivity contribution in [2.24, 2.45) is 5.92 Å². The van der Waals surface area contributed by atoms with Crippen LogP contribution in [0.25, 0.3) is 0 Å². The number of rotatable bonds is 6. The second kappa shape index (κ2) is 9.54. The molecule has 1 fully saturated rings. The molecule has 1 saturated heterocycles. The minimum atomic E-state index is -0.489. The van der Waals surface area contributed by atoms with Crippen LogP contribution in [0.1, 0.15) is 53.9 Å². The number of thioether (sulfide) groups is 1. The van der Waals surface area contributed by atoms with Crippen LogP contribution in [0.5, 0.6) is 0 Å². The lowest BCUT2D eigenvalue weighted by molar-refractivity contribution is -0.132. The number of amides is 2. The lowest BCUT2D eigenvalue weighted by atomic mass is 9.96. The van der Waals surface area contributed by atoms with Gasteiger partial charge in [0.25, 0.3) is 0 Å². The molecule has 1 heterocycles. The molecule has 0 aromatic heterocycles. The Hall–Kier alpha value is -0.910. The first-order chi connectivity index (χ1) is 11.1. The maximum atomic E-state index is 12.5. The Kier molecular flexibility index (Phi) is 8.40. The van der Waals surface area contributed by atoms with Gasteiger partial charge >= 0.3 is 6.09 Å². The molecule has 0 aromatic rings. The predicted octanol–water partition coefficient (Wildman–Crippen LogP) is 3.62. The molecule has 0 N–H and O–H groups in total. The highest BCUT2D eigenvalue weighted by Crippen LogP contribution is 2.21. The van der Waals surface area contributed by atoms with E-state index in [1.165, 1.54) is 0 Å². The molecule has 140 valence electrons. The van der Waals surface area contributed by atoms with E-state index in [-0.39, 0.29) is 18.0 Å². The summed E-state index contributed by atoms with van der Waals surface area (Å²) in [6.45, 7) is 11.9. The lowest BCUT2D eigenvalue weighted by Crippen LogP contribution is -2.48. The van der Waals surface area contributed by atoms with Gasteiger partial charge in [-0.3, -0.25) is 4.79 Å². The third-order valence-electron chi connectivity index (χ3n) is 4.10. The molecule has 0 bridgehead atoms. The molecule has 0 radical (unpaired) electrons. The third kappa shape index (κ3) is 7.32. The molecule has 5 nitrogen and oxygen atoms in total. The van der Waals surface area contributed by atoms with Crippen molar-refractivity contribution in [3.63, 3.8) is 0 Å². The fourth-order valence-electron chi connectivity index (χ4n) is 2.88. The first-order valence-corrected chi connectivity index (χ1v) is 10.3. The number of ether oxygens (including phenoxy) is 1. The first-order valence-electron chi connectivity index (χ1n) is 8.90. The van der Waals surface area contributed by atoms with Crippen LogP contribution in [0.15, 0.2) is 0 Å². The number of carbonyl (C=O) groups excluding carboxylic acids is 2. The molecular formula is C18H34N2O3S. The van der Waals surface area contributed by atoms with Gasteiger partial charge in [-0.1, -0.05) is 0 Å². The Morgan fingerprint density at radius 1 is 1.33 bits per heavy atom. The molecule has 0 spiro atoms. The van der Waals surface area contributed by atoms with Gasteiger partial charge < -0.3 is 14.5 Å². The number of likely N-dealkylation sites (tertiary alicyclic amines) is 1. The van der Waals surface area contributed by atoms with Gasteiger partial charge in [-0.15, -0.1) is 0 Å². The number of piperidine rings is 1. The molecule has 0 saturated carbocycles. The average Bonchev–Trinajstić information content (AvgIpc) is 2.48. The van der Waals surface area contributed by atoms with E-state index in [1.807, 2.05) is 45.8 Å². The van der Waals surface area contributed by atoms with Crippen molar-refractivity contribution in [1.82, 2.24) is 9.80 Å². The molecule has 24 heavy (non-hydrogen) atoms. The van der Waals surface area contributed by atoms with Gasteiger partial charge in [0.1, 0.15) is 5.60 Å². The molecule has 2 amide bonds. The fraction of sp³-hybridized carbons (Fsp3) is 0.889. The van der Waals surface area contributed by atoms with Crippen molar-refractivity contribution in [3.05, 3.63) is 0 Å². The summed E-state index contributed by atoms with van der Waals surface area (Å²) in [7, 11) is 0. The summed E-state index contributed by atoms with van der Waals surface area (Å²) in [5, 5.41) is 0. The summed E-state index contributed by atoms with van der Waals surface area (Å²) in [6.07, 6.45) is 4.43. The van der Waals surface area contributed by atoms with Crippen molar-refractivity contribution < 1.29 is 14.3 Å². The van der Waals surface area contributed by atoms with Crippen molar-refractivity contribution in [2.75, 3.05) is 31.6 Å². The van der Waals surface area contributed by atoms with Crippen LogP contribution in [-0.2, 0) is 9.53 Å². The van der Waals surface area contributed by atoms with Gasteiger partial charge in [0.2, 0.25) is 5.91 Å². The van der Waals surface area contributed by atoms with E-state index >= 15 is 0 Å². The summed E-state index contributed by atoms with van der Waals surface area (Å²) >= 11 is 1.70. The maximum Gasteiger partial charge on any atom is 0.410 e. The van der Waals surface area contributed by atoms with Gasteiger partial charge in [-0.05, 0) is 59.6 Å². The van der Waals surface area contributed by atoms with Crippen molar-refractivity contribution in [3.8, 4) is 0 Å². The normalized spacial score (nSPS) is 18.6. The quantitative estimate of drug-likeness (QED) is 0.727. The summed E-state index contributed by atoms with van der Waals surface area (Å²) in [6, 6.07) is 0.0856. The van der Waals surface area contributed by atoms with Gasteiger partial charge in [-0.2, -0.15) is 11.8 Å². The minimum Gasteiger partial charge on any atom is -0.444 e. The monoisotopic (exact) mass is 358 g/mol. The number of hydrogen-bond acceptors (Lipinski definition) is 4. The van der Waals surface area contributed by atoms with E-state index in [2.05, 4.69) is 0 Å². The largest absolute Gasteiger partial charge is 0.444 e. The molecule has 0 aliphatic carbocycles. The van der Waals surface area contributed by atoms with Gasteiger partial charge in [0, 0.05) is 37.8 Å². The Balaban J connectivity index is 2.63. The summed E-state index contributed by atoms with van der Waals surface area (Å²) < 4.78 is 5.53. The Bertz CT molecular complexity index is 421. The topological polar surface area (TPSA) is 49.9 Å². The van der Waals surface area contributed by atoms with E-state index in [4.69, 9.17) is 4.74 Å². The van der Waals surface area contributed by atoms with Crippen LogP contribution < -0.4 is 0 Å². The van der Waals surface area contributed by atoms with E-state index in [0.29, 0.717) is 18.9 Å². The second-order valence-corrected chi connectivity index (χ2v) is 8.80. The number of nitrogens with zero attached hydrogens (tertiary/aromatic N) is 2. The molecule has 1 aliphatic heterocycles. The van der Waals surface area contributed by atoms with Crippen LogP contribution >= 0.6 is 11.8 Å². The van der Waals surface area contributed by atoms with Crippen LogP contribution in [-0.4, -0.2) is 65.1 Å². The number of carbonyl (C=O) groups is 2. The molecular weight excluding hydrogens is 324 g/mol. The molecule has 1 aliphatic rings. The Morgan fingerprint density at radius 2 is 2.00 bits per heavy atom. The van der Waals surface area contributed by atoms with Crippen molar-refractivity contribution in [1.29, 1.82) is 0 Å². The van der Waals surface area contributed by atoms with Gasteiger partial charge in [0.05, 0.1) is 0 Å². The zero-order chi connectivity index (χ0) is 18.3. The fourth-order valence-corrected chi connectivity index (χ4v) is 3.26. The Labute approximate surface area is 151 Å². The lowest BCUT2D eigenvalue weighted by Gasteiger charge is -2.37. The molecule has 6 heteroatoms. The third-order valence-corrected chi connectivity index (χ3v) is 4.71. The van der Waals surface area contributed by atoms with E-state index < -0.39 is 5.60 Å². The first kappa shape index (κ1) is 21.1. The highest BCUT2D eigenvalue weighted by molar-refractivity contribution is 7.98. The zero-order valence-electron chi connectivity index (χ0n) is 16.1. The molecule has 1 atom stereocenters. The summed E-state index contributed by atoms with van der Waals surface area (Å²) in [4.78, 5) is 28.5. The SMILES string of the molecule is CSCCC(=O)N1CCCC(CN(C(=O)OC(C)(C)C)C(C)C)C1. The standard InChI is InChI=1S/C18H34N2O3S/c1-14(2)20(17(22)23-18(3,4)5)13-15-8-7-10-19(12-15)16(21)9-11-24-6/h14-15H,7-13H2,1-6H3. The number of hydrogen-bond donors (Lipinski definition) is 0. The molecule has 1 unspecified atom stereocenters. The highest BCUT2D eigenvalue weighted by atomic mass is 32.2. The van der Waals surface area contributed by atoms with Crippen molar-refractivity contribution >= 4 is 23.8 Å². The van der Waals surface area contributed by atoms with Crippen molar-refractivity contribution in [2.45, 2.75) is 65.5 Å². The Morgan fingerprint density at radius 3 is 2.54 bits per heavy atom. The van der Waals surface area contributed by atoms with Crippen LogP contribution in [0.2, 0.25) is 0 Å². The molecule has 1 rings (SSSR count). The van der Waals surface area contributed by atoms with E-state index in [1.54, 1.807) is 16.7 Å². The minimum absolute atomic E-state index is 0.0856. The highest BCUT2D eigenvalue weighted by Gasteiger charge is 2.30. The zero-order valence-corrected chi connectivity index (χ0v) is 16.9. The summed E-state index contributed by atoms with van der Waals surface area (Å²) in [5.74, 6) is 1.44. The molecule has 0 aromatic carbocycles. The van der Waals surface area contributed by atoms with E-state index in [0.717, 1.165) is 31.7 Å². The van der Waals surface area contributed by atoms with E-state index in [9.17, 15) is 9.59 Å². The smallest absolute Gasteiger partial charge is 0.410 e. The van der Waals surface area contributed by atoms with Gasteiger partial charge in [-0.25, -0.2) is 4.79 Å².